The topological polar surface area (TPSA) is 81.5 Å². The average molecular weight is 275 g/mol. The second-order valence-electron chi connectivity index (χ2n) is 3.74. The molecule has 0 spiro atoms. The Balaban J connectivity index is 3.07. The number of aryl methyl sites for hydroxylation is 2. The number of carbonyl (C=O) groups excluding carboxylic acids is 1. The van der Waals surface area contributed by atoms with Crippen LogP contribution in [0.4, 0.5) is 0 Å². The summed E-state index contributed by atoms with van der Waals surface area (Å²) >= 11 is 0. The van der Waals surface area contributed by atoms with E-state index in [1.165, 1.54) is 13.3 Å². The number of rotatable bonds is 5. The molecule has 0 fully saturated rings. The highest BCUT2D eigenvalue weighted by molar-refractivity contribution is 7.89. The largest absolute Gasteiger partial charge is 0.468 e. The van der Waals surface area contributed by atoms with Crippen LogP contribution in [0, 0.1) is 6.92 Å². The van der Waals surface area contributed by atoms with E-state index >= 15 is 0 Å². The van der Waals surface area contributed by atoms with Gasteiger partial charge in [-0.2, -0.15) is 4.31 Å². The van der Waals surface area contributed by atoms with Gasteiger partial charge in [-0.15, -0.1) is 0 Å². The second-order valence-corrected chi connectivity index (χ2v) is 5.63. The van der Waals surface area contributed by atoms with Gasteiger partial charge in [-0.1, -0.05) is 6.92 Å². The number of hydrogen-bond acceptors (Lipinski definition) is 5. The van der Waals surface area contributed by atoms with Gasteiger partial charge < -0.3 is 9.30 Å². The van der Waals surface area contributed by atoms with Gasteiger partial charge in [0.15, 0.2) is 5.03 Å². The highest BCUT2D eigenvalue weighted by Crippen LogP contribution is 2.14. The van der Waals surface area contributed by atoms with Crippen LogP contribution in [0.3, 0.4) is 0 Å². The van der Waals surface area contributed by atoms with Gasteiger partial charge >= 0.3 is 5.97 Å². The van der Waals surface area contributed by atoms with Gasteiger partial charge in [0, 0.05) is 19.8 Å². The van der Waals surface area contributed by atoms with Crippen molar-refractivity contribution in [2.24, 2.45) is 7.05 Å². The summed E-state index contributed by atoms with van der Waals surface area (Å²) in [6.07, 6.45) is 1.42. The van der Waals surface area contributed by atoms with E-state index in [4.69, 9.17) is 0 Å². The number of esters is 1. The van der Waals surface area contributed by atoms with Crippen LogP contribution in [-0.4, -0.2) is 48.4 Å². The number of sulfonamides is 1. The summed E-state index contributed by atoms with van der Waals surface area (Å²) in [6, 6.07) is 0. The lowest BCUT2D eigenvalue weighted by atomic mass is 10.6. The molecule has 1 heterocycles. The number of imidazole rings is 1. The molecule has 8 heteroatoms. The Bertz CT molecular complexity index is 516. The average Bonchev–Trinajstić information content (AvgIpc) is 2.66. The summed E-state index contributed by atoms with van der Waals surface area (Å²) in [4.78, 5) is 15.1. The molecule has 0 radical (unpaired) electrons. The number of hydrogen-bond donors (Lipinski definition) is 0. The first-order chi connectivity index (χ1) is 8.32. The predicted octanol–water partition coefficient (Wildman–Crippen LogP) is -0.0879. The van der Waals surface area contributed by atoms with Gasteiger partial charge in [-0.05, 0) is 6.92 Å². The number of methoxy groups -OCH3 is 1. The summed E-state index contributed by atoms with van der Waals surface area (Å²) in [5, 5.41) is -0.0618. The molecule has 1 rings (SSSR count). The third-order valence-electron chi connectivity index (χ3n) is 2.58. The predicted molar refractivity (Wildman–Crippen MR) is 64.4 cm³/mol. The minimum Gasteiger partial charge on any atom is -0.468 e. The Morgan fingerprint density at radius 3 is 2.56 bits per heavy atom. The van der Waals surface area contributed by atoms with Crippen LogP contribution in [-0.2, 0) is 26.6 Å². The van der Waals surface area contributed by atoms with Crippen LogP contribution in [0.25, 0.3) is 0 Å². The van der Waals surface area contributed by atoms with Gasteiger partial charge in [0.25, 0.3) is 10.0 Å². The van der Waals surface area contributed by atoms with E-state index < -0.39 is 16.0 Å². The summed E-state index contributed by atoms with van der Waals surface area (Å²) in [7, 11) is -0.835. The van der Waals surface area contributed by atoms with Crippen molar-refractivity contribution in [1.29, 1.82) is 0 Å². The van der Waals surface area contributed by atoms with Crippen molar-refractivity contribution >= 4 is 16.0 Å². The fourth-order valence-corrected chi connectivity index (χ4v) is 2.78. The van der Waals surface area contributed by atoms with Crippen molar-refractivity contribution in [2.45, 2.75) is 18.9 Å². The molecule has 1 aromatic heterocycles. The maximum atomic E-state index is 12.2. The quantitative estimate of drug-likeness (QED) is 0.702. The molecule has 0 aliphatic rings. The van der Waals surface area contributed by atoms with E-state index in [2.05, 4.69) is 9.72 Å². The van der Waals surface area contributed by atoms with Gasteiger partial charge in [0.05, 0.1) is 7.11 Å². The Kier molecular flexibility index (Phi) is 4.47. The molecule has 0 saturated carbocycles. The maximum absolute atomic E-state index is 12.2. The lowest BCUT2D eigenvalue weighted by molar-refractivity contribution is -0.140. The first kappa shape index (κ1) is 14.7. The molecular formula is C10H17N3O4S. The van der Waals surface area contributed by atoms with Crippen molar-refractivity contribution in [1.82, 2.24) is 13.9 Å². The smallest absolute Gasteiger partial charge is 0.321 e. The Morgan fingerprint density at radius 2 is 2.17 bits per heavy atom. The van der Waals surface area contributed by atoms with Crippen molar-refractivity contribution in [3.63, 3.8) is 0 Å². The molecule has 0 bridgehead atoms. The van der Waals surface area contributed by atoms with Crippen LogP contribution in [0.2, 0.25) is 0 Å². The Morgan fingerprint density at radius 1 is 1.56 bits per heavy atom. The molecule has 0 saturated heterocycles. The molecule has 0 aromatic carbocycles. The Hall–Kier alpha value is -1.41. The van der Waals surface area contributed by atoms with Crippen LogP contribution in [0.5, 0.6) is 0 Å². The highest BCUT2D eigenvalue weighted by Gasteiger charge is 2.28. The van der Waals surface area contributed by atoms with Gasteiger partial charge in [-0.3, -0.25) is 4.79 Å². The van der Waals surface area contributed by atoms with E-state index in [0.29, 0.717) is 5.82 Å². The summed E-state index contributed by atoms with van der Waals surface area (Å²) in [5.41, 5.74) is 0. The third-order valence-corrected chi connectivity index (χ3v) is 4.37. The fraction of sp³-hybridized carbons (Fsp3) is 0.600. The van der Waals surface area contributed by atoms with Crippen molar-refractivity contribution in [3.05, 3.63) is 12.0 Å². The number of carbonyl (C=O) groups is 1. The summed E-state index contributed by atoms with van der Waals surface area (Å²) < 4.78 is 31.6. The molecule has 18 heavy (non-hydrogen) atoms. The molecule has 1 aromatic rings. The van der Waals surface area contributed by atoms with Gasteiger partial charge in [0.1, 0.15) is 12.4 Å². The fourth-order valence-electron chi connectivity index (χ4n) is 1.36. The lowest BCUT2D eigenvalue weighted by Crippen LogP contribution is -2.36. The lowest BCUT2D eigenvalue weighted by Gasteiger charge is -2.17. The summed E-state index contributed by atoms with van der Waals surface area (Å²) in [5.74, 6) is -0.0178. The van der Waals surface area contributed by atoms with Crippen LogP contribution in [0.15, 0.2) is 11.2 Å². The molecule has 0 atom stereocenters. The van der Waals surface area contributed by atoms with E-state index in [1.807, 2.05) is 0 Å². The highest BCUT2D eigenvalue weighted by atomic mass is 32.2. The number of aromatic nitrogens is 2. The molecule has 0 aliphatic heterocycles. The van der Waals surface area contributed by atoms with Crippen LogP contribution < -0.4 is 0 Å². The van der Waals surface area contributed by atoms with E-state index in [-0.39, 0.29) is 18.1 Å². The molecule has 0 unspecified atom stereocenters. The Labute approximate surface area is 106 Å². The van der Waals surface area contributed by atoms with E-state index in [9.17, 15) is 13.2 Å². The monoisotopic (exact) mass is 275 g/mol. The van der Waals surface area contributed by atoms with Crippen molar-refractivity contribution in [2.75, 3.05) is 20.2 Å². The maximum Gasteiger partial charge on any atom is 0.321 e. The van der Waals surface area contributed by atoms with Crippen LogP contribution >= 0.6 is 0 Å². The number of ether oxygens (including phenoxy) is 1. The van der Waals surface area contributed by atoms with E-state index in [1.54, 1.807) is 25.5 Å². The summed E-state index contributed by atoms with van der Waals surface area (Å²) in [6.45, 7) is 3.21. The first-order valence-electron chi connectivity index (χ1n) is 5.39. The second kappa shape index (κ2) is 5.49. The molecule has 0 aliphatic carbocycles. The van der Waals surface area contributed by atoms with E-state index in [0.717, 1.165) is 4.31 Å². The number of likely N-dealkylation sites (N-methyl/N-ethyl adjacent to an activating group) is 1. The van der Waals surface area contributed by atoms with Crippen LogP contribution in [0.1, 0.15) is 12.7 Å². The van der Waals surface area contributed by atoms with Crippen molar-refractivity contribution < 1.29 is 17.9 Å². The van der Waals surface area contributed by atoms with Gasteiger partial charge in [0.2, 0.25) is 0 Å². The normalized spacial score (nSPS) is 11.8. The molecule has 102 valence electrons. The third kappa shape index (κ3) is 2.88. The molecular weight excluding hydrogens is 258 g/mol. The standard InChI is InChI=1S/C10H17N3O4S/c1-5-13(7-10(14)17-4)18(15,16)9-6-12(3)8(2)11-9/h6H,5,7H2,1-4H3. The zero-order valence-electron chi connectivity index (χ0n) is 10.9. The SMILES string of the molecule is CCN(CC(=O)OC)S(=O)(=O)c1cn(C)c(C)n1. The number of nitrogens with zero attached hydrogens (tertiary/aromatic N) is 3. The first-order valence-corrected chi connectivity index (χ1v) is 6.83. The van der Waals surface area contributed by atoms with Crippen molar-refractivity contribution in [3.8, 4) is 0 Å². The zero-order chi connectivity index (χ0) is 13.9. The zero-order valence-corrected chi connectivity index (χ0v) is 11.7. The molecule has 7 nitrogen and oxygen atoms in total. The molecule has 0 amide bonds. The molecule has 0 N–H and O–H groups in total. The minimum absolute atomic E-state index is 0.0618. The minimum atomic E-state index is -3.76. The van der Waals surface area contributed by atoms with Gasteiger partial charge in [-0.25, -0.2) is 13.4 Å².